The second kappa shape index (κ2) is 8.34. The van der Waals surface area contributed by atoms with Gasteiger partial charge >= 0.3 is 0 Å². The van der Waals surface area contributed by atoms with Gasteiger partial charge in [-0.3, -0.25) is 9.59 Å². The lowest BCUT2D eigenvalue weighted by molar-refractivity contribution is -0.122. The number of rotatable bonds is 6. The molecule has 0 saturated heterocycles. The molecule has 0 aromatic heterocycles. The van der Waals surface area contributed by atoms with Crippen LogP contribution in [0.2, 0.25) is 5.02 Å². The number of hydrogen-bond donors (Lipinski definition) is 2. The normalized spacial score (nSPS) is 11.6. The summed E-state index contributed by atoms with van der Waals surface area (Å²) >= 11 is 5.92. The van der Waals surface area contributed by atoms with Gasteiger partial charge in [-0.25, -0.2) is 0 Å². The summed E-state index contributed by atoms with van der Waals surface area (Å²) in [6.07, 6.45) is 0.185. The van der Waals surface area contributed by atoms with E-state index in [1.165, 1.54) is 6.92 Å². The molecule has 0 heterocycles. The van der Waals surface area contributed by atoms with Gasteiger partial charge in [-0.1, -0.05) is 54.1 Å². The molecule has 2 aromatic rings. The Balaban J connectivity index is 1.96. The van der Waals surface area contributed by atoms with E-state index in [-0.39, 0.29) is 24.3 Å². The molecule has 2 amide bonds. The first-order valence-corrected chi connectivity index (χ1v) is 7.75. The summed E-state index contributed by atoms with van der Waals surface area (Å²) in [5.74, 6) is -0.297. The number of nitrogens with one attached hydrogen (secondary N) is 2. The number of carbonyl (C=O) groups excluding carboxylic acids is 2. The van der Waals surface area contributed by atoms with Crippen LogP contribution in [0.15, 0.2) is 54.6 Å². The van der Waals surface area contributed by atoms with Crippen LogP contribution in [0.3, 0.4) is 0 Å². The van der Waals surface area contributed by atoms with Crippen molar-refractivity contribution in [1.29, 1.82) is 0 Å². The molecule has 0 aliphatic carbocycles. The van der Waals surface area contributed by atoms with Crippen LogP contribution in [0.4, 0.5) is 0 Å². The van der Waals surface area contributed by atoms with Gasteiger partial charge in [-0.05, 0) is 23.3 Å². The highest BCUT2D eigenvalue weighted by atomic mass is 35.5. The molecule has 1 unspecified atom stereocenters. The predicted molar refractivity (Wildman–Crippen MR) is 90.9 cm³/mol. The third kappa shape index (κ3) is 5.75. The second-order valence-electron chi connectivity index (χ2n) is 5.27. The van der Waals surface area contributed by atoms with Crippen LogP contribution in [0.1, 0.15) is 30.5 Å². The van der Waals surface area contributed by atoms with Crippen LogP contribution < -0.4 is 10.6 Å². The Labute approximate surface area is 140 Å². The van der Waals surface area contributed by atoms with Crippen molar-refractivity contribution in [1.82, 2.24) is 10.6 Å². The molecule has 0 aliphatic rings. The molecule has 0 radical (unpaired) electrons. The summed E-state index contributed by atoms with van der Waals surface area (Å²) in [5.41, 5.74) is 1.84. The van der Waals surface area contributed by atoms with E-state index < -0.39 is 0 Å². The molecular formula is C18H19ClN2O2. The average Bonchev–Trinajstić information content (AvgIpc) is 2.53. The van der Waals surface area contributed by atoms with E-state index >= 15 is 0 Å². The van der Waals surface area contributed by atoms with Crippen molar-refractivity contribution < 1.29 is 9.59 Å². The minimum Gasteiger partial charge on any atom is -0.352 e. The van der Waals surface area contributed by atoms with Crippen LogP contribution in [0.25, 0.3) is 0 Å². The lowest BCUT2D eigenvalue weighted by Crippen LogP contribution is -2.32. The maximum atomic E-state index is 12.2. The number of carbonyl (C=O) groups is 2. The SMILES string of the molecule is CC(=O)NC(CC(=O)NCc1cccc(Cl)c1)c1ccccc1. The van der Waals surface area contributed by atoms with Gasteiger partial charge in [0.25, 0.3) is 0 Å². The molecule has 0 spiro atoms. The number of hydrogen-bond acceptors (Lipinski definition) is 2. The largest absolute Gasteiger partial charge is 0.352 e. The highest BCUT2D eigenvalue weighted by Crippen LogP contribution is 2.16. The van der Waals surface area contributed by atoms with E-state index in [4.69, 9.17) is 11.6 Å². The van der Waals surface area contributed by atoms with Gasteiger partial charge in [-0.2, -0.15) is 0 Å². The van der Waals surface area contributed by atoms with Gasteiger partial charge in [0.15, 0.2) is 0 Å². The van der Waals surface area contributed by atoms with Crippen molar-refractivity contribution in [3.05, 3.63) is 70.7 Å². The molecule has 0 fully saturated rings. The zero-order chi connectivity index (χ0) is 16.7. The third-order valence-corrected chi connectivity index (χ3v) is 3.58. The van der Waals surface area contributed by atoms with E-state index in [0.29, 0.717) is 11.6 Å². The maximum absolute atomic E-state index is 12.2. The van der Waals surface area contributed by atoms with Crippen LogP contribution >= 0.6 is 11.6 Å². The minimum atomic E-state index is -0.340. The predicted octanol–water partition coefficient (Wildman–Crippen LogP) is 3.22. The van der Waals surface area contributed by atoms with Crippen molar-refractivity contribution in [2.45, 2.75) is 25.9 Å². The quantitative estimate of drug-likeness (QED) is 0.854. The van der Waals surface area contributed by atoms with Crippen molar-refractivity contribution in [3.8, 4) is 0 Å². The van der Waals surface area contributed by atoms with Crippen molar-refractivity contribution >= 4 is 23.4 Å². The minimum absolute atomic E-state index is 0.132. The van der Waals surface area contributed by atoms with Crippen LogP contribution in [-0.2, 0) is 16.1 Å². The van der Waals surface area contributed by atoms with E-state index in [1.54, 1.807) is 6.07 Å². The highest BCUT2D eigenvalue weighted by Gasteiger charge is 2.16. The van der Waals surface area contributed by atoms with E-state index in [0.717, 1.165) is 11.1 Å². The zero-order valence-electron chi connectivity index (χ0n) is 12.9. The molecule has 1 atom stereocenters. The van der Waals surface area contributed by atoms with Crippen LogP contribution in [-0.4, -0.2) is 11.8 Å². The van der Waals surface area contributed by atoms with Gasteiger partial charge < -0.3 is 10.6 Å². The Kier molecular flexibility index (Phi) is 6.18. The Morgan fingerprint density at radius 3 is 2.48 bits per heavy atom. The second-order valence-corrected chi connectivity index (χ2v) is 5.71. The molecule has 2 N–H and O–H groups in total. The number of amides is 2. The molecule has 2 rings (SSSR count). The van der Waals surface area contributed by atoms with Gasteiger partial charge in [0.2, 0.25) is 11.8 Å². The zero-order valence-corrected chi connectivity index (χ0v) is 13.6. The Hall–Kier alpha value is -2.33. The Bertz CT molecular complexity index is 674. The molecule has 2 aromatic carbocycles. The van der Waals surface area contributed by atoms with Crippen molar-refractivity contribution in [3.63, 3.8) is 0 Å². The fraction of sp³-hybridized carbons (Fsp3) is 0.222. The van der Waals surface area contributed by atoms with Gasteiger partial charge in [0.1, 0.15) is 0 Å². The first-order valence-electron chi connectivity index (χ1n) is 7.38. The first-order chi connectivity index (χ1) is 11.0. The lowest BCUT2D eigenvalue weighted by Gasteiger charge is -2.18. The smallest absolute Gasteiger partial charge is 0.222 e. The summed E-state index contributed by atoms with van der Waals surface area (Å²) in [7, 11) is 0. The molecular weight excluding hydrogens is 312 g/mol. The van der Waals surface area contributed by atoms with E-state index in [1.807, 2.05) is 48.5 Å². The van der Waals surface area contributed by atoms with Crippen molar-refractivity contribution in [2.75, 3.05) is 0 Å². The summed E-state index contributed by atoms with van der Waals surface area (Å²) in [6, 6.07) is 16.4. The summed E-state index contributed by atoms with van der Waals surface area (Å²) in [4.78, 5) is 23.5. The fourth-order valence-corrected chi connectivity index (χ4v) is 2.50. The highest BCUT2D eigenvalue weighted by molar-refractivity contribution is 6.30. The van der Waals surface area contributed by atoms with Gasteiger partial charge in [-0.15, -0.1) is 0 Å². The fourth-order valence-electron chi connectivity index (χ4n) is 2.29. The van der Waals surface area contributed by atoms with Crippen LogP contribution in [0.5, 0.6) is 0 Å². The average molecular weight is 331 g/mol. The molecule has 5 heteroatoms. The Morgan fingerprint density at radius 2 is 1.83 bits per heavy atom. The Morgan fingerprint density at radius 1 is 1.09 bits per heavy atom. The summed E-state index contributed by atoms with van der Waals surface area (Å²) in [5, 5.41) is 6.30. The van der Waals surface area contributed by atoms with Crippen LogP contribution in [0, 0.1) is 0 Å². The molecule has 23 heavy (non-hydrogen) atoms. The molecule has 120 valence electrons. The van der Waals surface area contributed by atoms with Crippen molar-refractivity contribution in [2.24, 2.45) is 0 Å². The van der Waals surface area contributed by atoms with E-state index in [2.05, 4.69) is 10.6 Å². The topological polar surface area (TPSA) is 58.2 Å². The summed E-state index contributed by atoms with van der Waals surface area (Å²) < 4.78 is 0. The van der Waals surface area contributed by atoms with E-state index in [9.17, 15) is 9.59 Å². The molecule has 0 aliphatic heterocycles. The standard InChI is InChI=1S/C18H19ClN2O2/c1-13(22)21-17(15-7-3-2-4-8-15)11-18(23)20-12-14-6-5-9-16(19)10-14/h2-10,17H,11-12H2,1H3,(H,20,23)(H,21,22). The number of halogens is 1. The molecule has 4 nitrogen and oxygen atoms in total. The number of benzene rings is 2. The van der Waals surface area contributed by atoms with Gasteiger partial charge in [0.05, 0.1) is 12.5 Å². The lowest BCUT2D eigenvalue weighted by atomic mass is 10.0. The molecule has 0 bridgehead atoms. The monoisotopic (exact) mass is 330 g/mol. The van der Waals surface area contributed by atoms with Gasteiger partial charge in [0, 0.05) is 18.5 Å². The first kappa shape index (κ1) is 17.0. The maximum Gasteiger partial charge on any atom is 0.222 e. The molecule has 0 saturated carbocycles. The third-order valence-electron chi connectivity index (χ3n) is 3.35. The summed E-state index contributed by atoms with van der Waals surface area (Å²) in [6.45, 7) is 1.85.